The minimum absolute atomic E-state index is 0.474. The Bertz CT molecular complexity index is 3080. The monoisotopic (exact) mass is 737 g/mol. The molecule has 0 unspecified atom stereocenters. The molecule has 0 saturated carbocycles. The van der Waals surface area contributed by atoms with Crippen molar-refractivity contribution >= 4 is 74.2 Å². The highest BCUT2D eigenvalue weighted by Gasteiger charge is 2.45. The molecule has 0 spiro atoms. The molecule has 268 valence electrons. The van der Waals surface area contributed by atoms with Crippen LogP contribution >= 0.6 is 0 Å². The molecule has 0 fully saturated rings. The fourth-order valence-corrected chi connectivity index (χ4v) is 10.4. The van der Waals surface area contributed by atoms with Crippen LogP contribution < -0.4 is 10.1 Å². The normalized spacial score (nSPS) is 13.4. The molecule has 0 radical (unpaired) electrons. The average Bonchev–Trinajstić information content (AvgIpc) is 3.90. The molecule has 4 heteroatoms. The highest BCUT2D eigenvalue weighted by atomic mass is 28.3. The second kappa shape index (κ2) is 12.2. The quantitative estimate of drug-likeness (QED) is 0.159. The maximum absolute atomic E-state index is 6.68. The Labute approximate surface area is 327 Å². The molecule has 10 aromatic rings. The first-order valence-electron chi connectivity index (χ1n) is 19.4. The van der Waals surface area contributed by atoms with E-state index < -0.39 is 13.5 Å². The Balaban J connectivity index is 1.13. The van der Waals surface area contributed by atoms with Gasteiger partial charge in [-0.2, -0.15) is 0 Å². The first kappa shape index (κ1) is 32.8. The van der Waals surface area contributed by atoms with Gasteiger partial charge in [-0.3, -0.25) is 0 Å². The number of rotatable bonds is 6. The molecule has 56 heavy (non-hydrogen) atoms. The molecule has 11 rings (SSSR count). The van der Waals surface area contributed by atoms with E-state index in [2.05, 4.69) is 194 Å². The molecule has 0 aliphatic heterocycles. The molecule has 2 aromatic heterocycles. The van der Waals surface area contributed by atoms with Gasteiger partial charge in [-0.15, -0.1) is 0 Å². The highest BCUT2D eigenvalue weighted by molar-refractivity contribution is 6.88. The Hall–Kier alpha value is -6.62. The molecule has 1 aliphatic carbocycles. The van der Waals surface area contributed by atoms with Gasteiger partial charge in [0.2, 0.25) is 0 Å². The van der Waals surface area contributed by atoms with Crippen molar-refractivity contribution in [2.75, 3.05) is 4.90 Å². The summed E-state index contributed by atoms with van der Waals surface area (Å²) in [6.07, 6.45) is 0. The van der Waals surface area contributed by atoms with Crippen molar-refractivity contribution in [3.05, 3.63) is 204 Å². The lowest BCUT2D eigenvalue weighted by Gasteiger charge is -2.34. The third kappa shape index (κ3) is 4.76. The van der Waals surface area contributed by atoms with Crippen LogP contribution in [0, 0.1) is 0 Å². The Morgan fingerprint density at radius 3 is 1.73 bits per heavy atom. The summed E-state index contributed by atoms with van der Waals surface area (Å²) < 4.78 is 13.4. The Kier molecular flexibility index (Phi) is 7.14. The van der Waals surface area contributed by atoms with Gasteiger partial charge in [-0.1, -0.05) is 158 Å². The second-order valence-electron chi connectivity index (χ2n) is 16.1. The van der Waals surface area contributed by atoms with E-state index in [1.165, 1.54) is 38.6 Å². The van der Waals surface area contributed by atoms with Crippen molar-refractivity contribution in [1.29, 1.82) is 0 Å². The van der Waals surface area contributed by atoms with E-state index in [1.807, 2.05) is 12.1 Å². The van der Waals surface area contributed by atoms with Crippen LogP contribution in [-0.4, -0.2) is 8.07 Å². The predicted molar refractivity (Wildman–Crippen MR) is 236 cm³/mol. The lowest BCUT2D eigenvalue weighted by atomic mass is 9.68. The summed E-state index contributed by atoms with van der Waals surface area (Å²) in [5, 5.41) is 5.85. The molecule has 1 aliphatic rings. The smallest absolute Gasteiger partial charge is 0.159 e. The number of benzene rings is 8. The lowest BCUT2D eigenvalue weighted by molar-refractivity contribution is 0.667. The van der Waals surface area contributed by atoms with Gasteiger partial charge in [0, 0.05) is 33.3 Å². The minimum atomic E-state index is -1.52. The molecular formula is C52H39NO2Si. The van der Waals surface area contributed by atoms with Gasteiger partial charge in [0.05, 0.1) is 24.9 Å². The number of hydrogen-bond acceptors (Lipinski definition) is 3. The minimum Gasteiger partial charge on any atom is -0.456 e. The SMILES string of the molecule is C[Si](C)(C)c1ccc2c(c1)oc1cc(N(c3ccc(C4(c5ccccc5)c5ccccc5-c5ccccc54)cc3)c3cccc4c3oc3ccccc34)ccc12. The molecule has 0 saturated heterocycles. The summed E-state index contributed by atoms with van der Waals surface area (Å²) in [4.78, 5) is 2.32. The molecular weight excluding hydrogens is 699 g/mol. The molecule has 2 heterocycles. The fraction of sp³-hybridized carbons (Fsp3) is 0.0769. The van der Waals surface area contributed by atoms with Crippen LogP contribution in [0.2, 0.25) is 19.6 Å². The van der Waals surface area contributed by atoms with Crippen LogP contribution in [0.1, 0.15) is 22.3 Å². The number of anilines is 3. The number of hydrogen-bond donors (Lipinski definition) is 0. The summed E-state index contributed by atoms with van der Waals surface area (Å²) in [6.45, 7) is 7.13. The molecule has 8 aromatic carbocycles. The molecule has 0 amide bonds. The van der Waals surface area contributed by atoms with E-state index in [1.54, 1.807) is 0 Å². The van der Waals surface area contributed by atoms with Crippen molar-refractivity contribution in [1.82, 2.24) is 0 Å². The van der Waals surface area contributed by atoms with Crippen LogP contribution in [-0.2, 0) is 5.41 Å². The first-order valence-corrected chi connectivity index (χ1v) is 22.9. The van der Waals surface area contributed by atoms with Crippen molar-refractivity contribution in [3.63, 3.8) is 0 Å². The summed E-state index contributed by atoms with van der Waals surface area (Å²) in [6, 6.07) is 66.1. The van der Waals surface area contributed by atoms with Gasteiger partial charge < -0.3 is 13.7 Å². The second-order valence-corrected chi connectivity index (χ2v) is 21.2. The maximum atomic E-state index is 6.68. The summed E-state index contributed by atoms with van der Waals surface area (Å²) >= 11 is 0. The van der Waals surface area contributed by atoms with Crippen LogP contribution in [0.3, 0.4) is 0 Å². The van der Waals surface area contributed by atoms with Crippen LogP contribution in [0.25, 0.3) is 55.0 Å². The topological polar surface area (TPSA) is 29.5 Å². The van der Waals surface area contributed by atoms with Gasteiger partial charge in [0.25, 0.3) is 0 Å². The van der Waals surface area contributed by atoms with Crippen LogP contribution in [0.5, 0.6) is 0 Å². The predicted octanol–water partition coefficient (Wildman–Crippen LogP) is 13.9. The third-order valence-corrected chi connectivity index (χ3v) is 14.0. The van der Waals surface area contributed by atoms with Crippen molar-refractivity contribution in [2.24, 2.45) is 0 Å². The van der Waals surface area contributed by atoms with Crippen molar-refractivity contribution in [2.45, 2.75) is 25.1 Å². The third-order valence-electron chi connectivity index (χ3n) is 11.9. The van der Waals surface area contributed by atoms with Crippen LogP contribution in [0.15, 0.2) is 191 Å². The van der Waals surface area contributed by atoms with E-state index in [0.29, 0.717) is 0 Å². The molecule has 3 nitrogen and oxygen atoms in total. The number of furan rings is 2. The number of nitrogens with zero attached hydrogens (tertiary/aromatic N) is 1. The Morgan fingerprint density at radius 1 is 0.429 bits per heavy atom. The molecule has 0 bridgehead atoms. The lowest BCUT2D eigenvalue weighted by Crippen LogP contribution is -2.37. The highest BCUT2D eigenvalue weighted by Crippen LogP contribution is 2.56. The van der Waals surface area contributed by atoms with Gasteiger partial charge in [-0.05, 0) is 75.8 Å². The Morgan fingerprint density at radius 2 is 1.00 bits per heavy atom. The van der Waals surface area contributed by atoms with E-state index in [-0.39, 0.29) is 0 Å². The number of fused-ring (bicyclic) bond motifs is 9. The fourth-order valence-electron chi connectivity index (χ4n) is 9.28. The van der Waals surface area contributed by atoms with Gasteiger partial charge in [-0.25, -0.2) is 0 Å². The van der Waals surface area contributed by atoms with Crippen molar-refractivity contribution < 1.29 is 8.83 Å². The number of para-hydroxylation sites is 2. The van der Waals surface area contributed by atoms with Gasteiger partial charge in [0.1, 0.15) is 16.7 Å². The maximum Gasteiger partial charge on any atom is 0.159 e. The largest absolute Gasteiger partial charge is 0.456 e. The van der Waals surface area contributed by atoms with E-state index >= 15 is 0 Å². The zero-order valence-corrected chi connectivity index (χ0v) is 32.6. The summed E-state index contributed by atoms with van der Waals surface area (Å²) in [7, 11) is -1.52. The van der Waals surface area contributed by atoms with Gasteiger partial charge in [0.15, 0.2) is 5.58 Å². The van der Waals surface area contributed by atoms with Crippen molar-refractivity contribution in [3.8, 4) is 11.1 Å². The van der Waals surface area contributed by atoms with Crippen LogP contribution in [0.4, 0.5) is 17.1 Å². The standard InChI is InChI=1S/C52H39NO2Si/c1-56(2,3)38-29-31-43-42-30-28-37(32-49(42)54-50(43)33-38)53(47-22-13-19-44-41-18-9-12-23-48(41)55-51(44)47)36-26-24-35(25-27-36)52(34-14-5-4-6-15-34)45-20-10-7-16-39(45)40-17-8-11-21-46(40)52/h4-33H,1-3H3. The summed E-state index contributed by atoms with van der Waals surface area (Å²) in [5.41, 5.74) is 13.7. The van der Waals surface area contributed by atoms with Gasteiger partial charge >= 0.3 is 0 Å². The van der Waals surface area contributed by atoms with E-state index in [9.17, 15) is 0 Å². The first-order chi connectivity index (χ1) is 27.4. The average molecular weight is 738 g/mol. The summed E-state index contributed by atoms with van der Waals surface area (Å²) in [5.74, 6) is 0. The zero-order valence-electron chi connectivity index (χ0n) is 31.6. The molecule has 0 atom stereocenters. The zero-order chi connectivity index (χ0) is 37.6. The van der Waals surface area contributed by atoms with E-state index in [0.717, 1.165) is 60.9 Å². The van der Waals surface area contributed by atoms with E-state index in [4.69, 9.17) is 8.83 Å². The molecule has 0 N–H and O–H groups in total.